The van der Waals surface area contributed by atoms with E-state index < -0.39 is 10.0 Å². The van der Waals surface area contributed by atoms with E-state index >= 15 is 0 Å². The molecule has 0 aliphatic heterocycles. The predicted octanol–water partition coefficient (Wildman–Crippen LogP) is 0.206. The first-order chi connectivity index (χ1) is 9.84. The van der Waals surface area contributed by atoms with E-state index in [9.17, 15) is 13.2 Å². The van der Waals surface area contributed by atoms with Gasteiger partial charge in [0.05, 0.1) is 4.90 Å². The van der Waals surface area contributed by atoms with Gasteiger partial charge in [-0.25, -0.2) is 19.4 Å². The summed E-state index contributed by atoms with van der Waals surface area (Å²) in [5.74, 6) is 4.64. The second kappa shape index (κ2) is 7.39. The molecular weight excluding hydrogens is 292 g/mol. The Labute approximate surface area is 122 Å². The van der Waals surface area contributed by atoms with E-state index in [0.717, 1.165) is 0 Å². The predicted molar refractivity (Wildman–Crippen MR) is 80.3 cm³/mol. The van der Waals surface area contributed by atoms with Crippen molar-refractivity contribution < 1.29 is 13.2 Å². The third-order valence-corrected chi connectivity index (χ3v) is 3.30. The maximum Gasteiger partial charge on any atom is 0.265 e. The number of hydrogen-bond donors (Lipinski definition) is 4. The average molecular weight is 308 g/mol. The van der Waals surface area contributed by atoms with Crippen molar-refractivity contribution in [2.45, 2.75) is 4.90 Å². The number of sulfonamides is 1. The Morgan fingerprint density at radius 1 is 0.952 bits per heavy atom. The van der Waals surface area contributed by atoms with Crippen molar-refractivity contribution in [3.63, 3.8) is 0 Å². The number of hydrogen-bond acceptors (Lipinski definition) is 5. The average Bonchev–Trinajstić information content (AvgIpc) is 2.47. The number of nitrogens with one attached hydrogen (secondary N) is 1. The van der Waals surface area contributed by atoms with Crippen LogP contribution in [-0.4, -0.2) is 14.3 Å². The molecule has 0 fully saturated rings. The molecule has 0 saturated carbocycles. The van der Waals surface area contributed by atoms with Crippen molar-refractivity contribution in [2.75, 3.05) is 5.73 Å². The van der Waals surface area contributed by atoms with Crippen LogP contribution in [0.4, 0.5) is 5.69 Å². The number of rotatable bonds is 2. The molecule has 0 aromatic heterocycles. The highest BCUT2D eigenvalue weighted by Crippen LogP contribution is 2.08. The van der Waals surface area contributed by atoms with Crippen LogP contribution >= 0.6 is 0 Å². The van der Waals surface area contributed by atoms with Crippen LogP contribution < -0.4 is 22.1 Å². The summed E-state index contributed by atoms with van der Waals surface area (Å²) in [6.07, 6.45) is 0. The Balaban J connectivity index is 0.000000211. The molecule has 0 radical (unpaired) electrons. The number of nitrogens with two attached hydrogens (primary N) is 3. The first-order valence-corrected chi connectivity index (χ1v) is 7.33. The van der Waals surface area contributed by atoms with Gasteiger partial charge in [0.25, 0.3) is 5.91 Å². The molecule has 0 aliphatic carbocycles. The monoisotopic (exact) mass is 308 g/mol. The molecule has 7 N–H and O–H groups in total. The minimum Gasteiger partial charge on any atom is -0.399 e. The maximum atomic E-state index is 10.8. The van der Waals surface area contributed by atoms with Gasteiger partial charge in [-0.3, -0.25) is 10.2 Å². The summed E-state index contributed by atoms with van der Waals surface area (Å²) in [5, 5.41) is 4.84. The zero-order valence-electron chi connectivity index (χ0n) is 11.1. The van der Waals surface area contributed by atoms with Crippen molar-refractivity contribution >= 4 is 21.6 Å². The van der Waals surface area contributed by atoms with Gasteiger partial charge in [0, 0.05) is 11.3 Å². The lowest BCUT2D eigenvalue weighted by Gasteiger charge is -1.96. The molecule has 1 amide bonds. The lowest BCUT2D eigenvalue weighted by Crippen LogP contribution is -2.29. The first-order valence-electron chi connectivity index (χ1n) is 5.79. The van der Waals surface area contributed by atoms with Gasteiger partial charge in [0.1, 0.15) is 0 Å². The minimum absolute atomic E-state index is 0.0756. The summed E-state index contributed by atoms with van der Waals surface area (Å²) >= 11 is 0. The van der Waals surface area contributed by atoms with Gasteiger partial charge >= 0.3 is 0 Å². The number of primary sulfonamides is 1. The number of hydrazine groups is 1. The third kappa shape index (κ3) is 5.61. The van der Waals surface area contributed by atoms with E-state index in [2.05, 4.69) is 0 Å². The van der Waals surface area contributed by atoms with Gasteiger partial charge < -0.3 is 5.73 Å². The van der Waals surface area contributed by atoms with Gasteiger partial charge in [0.2, 0.25) is 10.0 Å². The topological polar surface area (TPSA) is 141 Å². The summed E-state index contributed by atoms with van der Waals surface area (Å²) in [6, 6.07) is 14.5. The van der Waals surface area contributed by atoms with Gasteiger partial charge in [-0.1, -0.05) is 18.2 Å². The van der Waals surface area contributed by atoms with Crippen LogP contribution in [-0.2, 0) is 10.0 Å². The normalized spacial score (nSPS) is 10.2. The van der Waals surface area contributed by atoms with Crippen LogP contribution in [0.1, 0.15) is 10.4 Å². The van der Waals surface area contributed by atoms with Crippen LogP contribution in [0.3, 0.4) is 0 Å². The maximum absolute atomic E-state index is 10.8. The Morgan fingerprint density at radius 2 is 1.48 bits per heavy atom. The lowest BCUT2D eigenvalue weighted by molar-refractivity contribution is 0.0953. The van der Waals surface area contributed by atoms with Crippen LogP contribution in [0.2, 0.25) is 0 Å². The molecule has 0 spiro atoms. The Kier molecular flexibility index (Phi) is 5.85. The highest BCUT2D eigenvalue weighted by atomic mass is 32.2. The summed E-state index contributed by atoms with van der Waals surface area (Å²) in [6.45, 7) is 0. The second-order valence-electron chi connectivity index (χ2n) is 3.95. The molecule has 0 aliphatic rings. The summed E-state index contributed by atoms with van der Waals surface area (Å²) in [5.41, 5.74) is 8.46. The van der Waals surface area contributed by atoms with Gasteiger partial charge in [0.15, 0.2) is 0 Å². The molecule has 2 aromatic rings. The highest BCUT2D eigenvalue weighted by molar-refractivity contribution is 7.89. The third-order valence-electron chi connectivity index (χ3n) is 2.38. The summed E-state index contributed by atoms with van der Waals surface area (Å²) in [4.78, 5) is 10.9. The largest absolute Gasteiger partial charge is 0.399 e. The van der Waals surface area contributed by atoms with Gasteiger partial charge in [-0.15, -0.1) is 0 Å². The summed E-state index contributed by atoms with van der Waals surface area (Å²) < 4.78 is 21.4. The van der Waals surface area contributed by atoms with E-state index in [0.29, 0.717) is 11.3 Å². The Hall–Kier alpha value is -2.42. The molecule has 7 nitrogen and oxygen atoms in total. The van der Waals surface area contributed by atoms with Crippen LogP contribution in [0.15, 0.2) is 59.5 Å². The molecule has 0 unspecified atom stereocenters. The molecule has 0 saturated heterocycles. The Bertz CT molecular complexity index is 685. The van der Waals surface area contributed by atoms with Crippen molar-refractivity contribution in [3.8, 4) is 0 Å². The van der Waals surface area contributed by atoms with Crippen LogP contribution in [0.5, 0.6) is 0 Å². The number of carbonyl (C=O) groups is 1. The number of carbonyl (C=O) groups excluding carboxylic acids is 1. The number of anilines is 1. The van der Waals surface area contributed by atoms with E-state index in [-0.39, 0.29) is 10.8 Å². The van der Waals surface area contributed by atoms with Crippen molar-refractivity contribution in [1.29, 1.82) is 0 Å². The molecule has 0 atom stereocenters. The number of nitrogen functional groups attached to an aromatic ring is 2. The van der Waals surface area contributed by atoms with Crippen molar-refractivity contribution in [2.24, 2.45) is 11.0 Å². The molecule has 0 heterocycles. The second-order valence-corrected chi connectivity index (χ2v) is 5.51. The van der Waals surface area contributed by atoms with Gasteiger partial charge in [-0.2, -0.15) is 0 Å². The van der Waals surface area contributed by atoms with E-state index in [1.165, 1.54) is 24.3 Å². The Morgan fingerprint density at radius 3 is 1.90 bits per heavy atom. The molecule has 8 heteroatoms. The molecule has 0 bridgehead atoms. The fraction of sp³-hybridized carbons (Fsp3) is 0. The molecule has 21 heavy (non-hydrogen) atoms. The van der Waals surface area contributed by atoms with Crippen LogP contribution in [0.25, 0.3) is 0 Å². The number of benzene rings is 2. The zero-order valence-corrected chi connectivity index (χ0v) is 11.9. The summed E-state index contributed by atoms with van der Waals surface area (Å²) in [7, 11) is -3.58. The molecule has 112 valence electrons. The highest BCUT2D eigenvalue weighted by Gasteiger charge is 2.05. The van der Waals surface area contributed by atoms with E-state index in [1.54, 1.807) is 24.3 Å². The fourth-order valence-corrected chi connectivity index (χ4v) is 1.85. The standard InChI is InChI=1S/C7H8N2O.C6H8N2O2S/c8-9-7(10)6-4-2-1-3-5-6;7-5-1-3-6(4-2-5)11(8,9)10/h1-5H,8H2,(H,9,10);1-4H,7H2,(H2,8,9,10). The molecule has 2 rings (SSSR count). The SMILES string of the molecule is NNC(=O)c1ccccc1.Nc1ccc(S(N)(=O)=O)cc1. The van der Waals surface area contributed by atoms with E-state index in [4.69, 9.17) is 16.7 Å². The quantitative estimate of drug-likeness (QED) is 0.271. The molecule has 2 aromatic carbocycles. The van der Waals surface area contributed by atoms with E-state index in [1.807, 2.05) is 11.5 Å². The van der Waals surface area contributed by atoms with Crippen molar-refractivity contribution in [3.05, 3.63) is 60.2 Å². The van der Waals surface area contributed by atoms with Gasteiger partial charge in [-0.05, 0) is 36.4 Å². The smallest absolute Gasteiger partial charge is 0.265 e. The van der Waals surface area contributed by atoms with Crippen LogP contribution in [0, 0.1) is 0 Å². The minimum atomic E-state index is -3.58. The van der Waals surface area contributed by atoms with Crippen molar-refractivity contribution in [1.82, 2.24) is 5.43 Å². The lowest BCUT2D eigenvalue weighted by atomic mass is 10.2. The number of amides is 1. The molecular formula is C13H16N4O3S. The fourth-order valence-electron chi connectivity index (χ4n) is 1.33. The zero-order chi connectivity index (χ0) is 15.9. The first kappa shape index (κ1) is 16.6.